The van der Waals surface area contributed by atoms with Crippen molar-refractivity contribution in [1.29, 1.82) is 5.26 Å². The summed E-state index contributed by atoms with van der Waals surface area (Å²) in [5.41, 5.74) is 6.51. The van der Waals surface area contributed by atoms with Crippen molar-refractivity contribution in [2.45, 2.75) is 39.9 Å². The zero-order valence-electron chi connectivity index (χ0n) is 17.1. The zero-order chi connectivity index (χ0) is 23.3. The summed E-state index contributed by atoms with van der Waals surface area (Å²) in [6.45, 7) is 7.67. The Kier molecular flexibility index (Phi) is 13.0. The smallest absolute Gasteiger partial charge is 0.170 e. The van der Waals surface area contributed by atoms with Gasteiger partial charge in [-0.15, -0.1) is 0 Å². The van der Waals surface area contributed by atoms with Crippen LogP contribution in [0.5, 0.6) is 11.5 Å². The van der Waals surface area contributed by atoms with Crippen LogP contribution in [-0.4, -0.2) is 28.5 Å². The summed E-state index contributed by atoms with van der Waals surface area (Å²) in [6, 6.07) is 12.0. The van der Waals surface area contributed by atoms with Crippen LogP contribution in [0.25, 0.3) is 0 Å². The lowest BCUT2D eigenvalue weighted by Gasteiger charge is -2.11. The number of ether oxygens (including phenoxy) is 2. The van der Waals surface area contributed by atoms with E-state index in [4.69, 9.17) is 54.1 Å². The first-order valence-electron chi connectivity index (χ1n) is 8.74. The quantitative estimate of drug-likeness (QED) is 0.223. The second-order valence-electron chi connectivity index (χ2n) is 6.22. The summed E-state index contributed by atoms with van der Waals surface area (Å²) >= 11 is 11.8. The first kappa shape index (κ1) is 27.3. The van der Waals surface area contributed by atoms with Crippen molar-refractivity contribution in [2.75, 3.05) is 0 Å². The number of amidine groups is 1. The van der Waals surface area contributed by atoms with Crippen molar-refractivity contribution in [2.24, 2.45) is 16.8 Å². The molecule has 0 aromatic heterocycles. The summed E-state index contributed by atoms with van der Waals surface area (Å²) in [7, 11) is 0. The van der Waals surface area contributed by atoms with Crippen LogP contribution in [0.3, 0.4) is 0 Å². The zero-order valence-corrected chi connectivity index (χ0v) is 18.6. The first-order chi connectivity index (χ1) is 14.2. The summed E-state index contributed by atoms with van der Waals surface area (Å²) in [4.78, 5) is 0. The minimum Gasteiger partial charge on any atom is -0.489 e. The summed E-state index contributed by atoms with van der Waals surface area (Å²) < 4.78 is 10.8. The van der Waals surface area contributed by atoms with Gasteiger partial charge in [-0.05, 0) is 64.1 Å². The van der Waals surface area contributed by atoms with E-state index in [9.17, 15) is 0 Å². The standard InChI is InChI=1S/C10H13ClN2O2.C10H10ClNO.H3NO/c1-6(2)15-9-4-3-7(5-8(9)11)10(12)13-14;1-7(2)13-10-4-3-8(6-12)5-9(10)11;1-2/h3-6,14H,1-2H3,(H2,12,13);3-5,7H,1-2H3;2H,1H2. The molecule has 0 heterocycles. The predicted octanol–water partition coefficient (Wildman–Crippen LogP) is 4.55. The fourth-order valence-electron chi connectivity index (χ4n) is 1.99. The Hall–Kier alpha value is -2.70. The molecule has 0 atom stereocenters. The third-order valence-electron chi connectivity index (χ3n) is 3.12. The Balaban J connectivity index is 0.000000522. The summed E-state index contributed by atoms with van der Waals surface area (Å²) in [6.07, 6.45) is 0.141. The van der Waals surface area contributed by atoms with E-state index >= 15 is 0 Å². The van der Waals surface area contributed by atoms with Crippen LogP contribution in [0, 0.1) is 11.3 Å². The molecule has 30 heavy (non-hydrogen) atoms. The van der Waals surface area contributed by atoms with E-state index in [1.165, 1.54) is 0 Å². The number of benzene rings is 2. The molecule has 2 aromatic rings. The molecule has 10 heteroatoms. The van der Waals surface area contributed by atoms with Gasteiger partial charge in [0.15, 0.2) is 5.84 Å². The van der Waals surface area contributed by atoms with Crippen LogP contribution in [0.15, 0.2) is 41.6 Å². The third kappa shape index (κ3) is 9.67. The predicted molar refractivity (Wildman–Crippen MR) is 118 cm³/mol. The van der Waals surface area contributed by atoms with E-state index in [0.717, 1.165) is 0 Å². The molecule has 0 radical (unpaired) electrons. The number of oxime groups is 1. The maximum atomic E-state index is 8.59. The van der Waals surface area contributed by atoms with Crippen molar-refractivity contribution in [3.05, 3.63) is 57.6 Å². The van der Waals surface area contributed by atoms with Gasteiger partial charge in [0, 0.05) is 5.56 Å². The van der Waals surface area contributed by atoms with Gasteiger partial charge >= 0.3 is 0 Å². The molecular formula is C20H26Cl2N4O4. The van der Waals surface area contributed by atoms with Gasteiger partial charge in [-0.1, -0.05) is 28.4 Å². The Morgan fingerprint density at radius 2 is 1.43 bits per heavy atom. The van der Waals surface area contributed by atoms with Gasteiger partial charge < -0.3 is 25.6 Å². The number of nitrogens with zero attached hydrogens (tertiary/aromatic N) is 2. The van der Waals surface area contributed by atoms with Gasteiger partial charge in [-0.3, -0.25) is 0 Å². The summed E-state index contributed by atoms with van der Waals surface area (Å²) in [5.74, 6) is 4.73. The van der Waals surface area contributed by atoms with E-state index in [0.29, 0.717) is 32.7 Å². The second kappa shape index (κ2) is 14.3. The van der Waals surface area contributed by atoms with Crippen LogP contribution >= 0.6 is 23.2 Å². The number of hydrogen-bond acceptors (Lipinski definition) is 7. The monoisotopic (exact) mass is 456 g/mol. The number of nitrogens with two attached hydrogens (primary N) is 2. The maximum absolute atomic E-state index is 8.59. The van der Waals surface area contributed by atoms with Gasteiger partial charge in [0.1, 0.15) is 11.5 Å². The van der Waals surface area contributed by atoms with E-state index < -0.39 is 0 Å². The fraction of sp³-hybridized carbons (Fsp3) is 0.300. The van der Waals surface area contributed by atoms with Crippen molar-refractivity contribution < 1.29 is 19.9 Å². The Morgan fingerprint density at radius 1 is 0.967 bits per heavy atom. The average Bonchev–Trinajstić information content (AvgIpc) is 2.71. The highest BCUT2D eigenvalue weighted by Gasteiger charge is 2.07. The van der Waals surface area contributed by atoms with E-state index in [1.54, 1.807) is 36.4 Å². The maximum Gasteiger partial charge on any atom is 0.170 e. The number of rotatable bonds is 5. The van der Waals surface area contributed by atoms with Gasteiger partial charge in [0.05, 0.1) is 33.9 Å². The van der Waals surface area contributed by atoms with E-state index in [1.807, 2.05) is 33.8 Å². The molecule has 164 valence electrons. The fourth-order valence-corrected chi connectivity index (χ4v) is 2.44. The Labute approximate surface area is 186 Å². The lowest BCUT2D eigenvalue weighted by atomic mass is 10.2. The molecule has 0 saturated heterocycles. The van der Waals surface area contributed by atoms with E-state index in [2.05, 4.69) is 11.1 Å². The molecule has 0 aliphatic rings. The molecule has 0 bridgehead atoms. The summed E-state index contributed by atoms with van der Waals surface area (Å²) in [5, 5.41) is 27.4. The molecule has 0 saturated carbocycles. The van der Waals surface area contributed by atoms with Crippen LogP contribution < -0.4 is 21.1 Å². The molecule has 0 aliphatic carbocycles. The molecule has 0 spiro atoms. The van der Waals surface area contributed by atoms with Crippen molar-refractivity contribution in [1.82, 2.24) is 0 Å². The van der Waals surface area contributed by atoms with Crippen LogP contribution in [0.2, 0.25) is 10.0 Å². The second-order valence-corrected chi connectivity index (χ2v) is 7.04. The topological polar surface area (TPSA) is 147 Å². The number of nitriles is 1. The molecule has 0 amide bonds. The molecule has 0 fully saturated rings. The lowest BCUT2D eigenvalue weighted by molar-refractivity contribution is 0.242. The van der Waals surface area contributed by atoms with Crippen molar-refractivity contribution in [3.8, 4) is 17.6 Å². The Bertz CT molecular complexity index is 868. The highest BCUT2D eigenvalue weighted by molar-refractivity contribution is 6.32. The van der Waals surface area contributed by atoms with Crippen LogP contribution in [0.1, 0.15) is 38.8 Å². The normalized spacial score (nSPS) is 10.4. The van der Waals surface area contributed by atoms with Gasteiger partial charge in [0.25, 0.3) is 0 Å². The lowest BCUT2D eigenvalue weighted by Crippen LogP contribution is -2.13. The first-order valence-corrected chi connectivity index (χ1v) is 9.49. The highest BCUT2D eigenvalue weighted by atomic mass is 35.5. The SMILES string of the molecule is CC(C)Oc1ccc(/C(N)=N/O)cc1Cl.CC(C)Oc1ccc(C#N)cc1Cl.NO. The largest absolute Gasteiger partial charge is 0.489 e. The molecule has 0 aliphatic heterocycles. The molecule has 0 unspecified atom stereocenters. The minimum absolute atomic E-state index is 0.0213. The molecule has 8 nitrogen and oxygen atoms in total. The molecule has 6 N–H and O–H groups in total. The van der Waals surface area contributed by atoms with Crippen molar-refractivity contribution in [3.63, 3.8) is 0 Å². The molecule has 2 aromatic carbocycles. The minimum atomic E-state index is 0.0213. The van der Waals surface area contributed by atoms with Crippen molar-refractivity contribution >= 4 is 29.0 Å². The highest BCUT2D eigenvalue weighted by Crippen LogP contribution is 2.27. The van der Waals surface area contributed by atoms with Gasteiger partial charge in [-0.2, -0.15) is 5.26 Å². The molecule has 2 rings (SSSR count). The number of halogens is 2. The van der Waals surface area contributed by atoms with Gasteiger partial charge in [0.2, 0.25) is 0 Å². The van der Waals surface area contributed by atoms with Crippen LogP contribution in [0.4, 0.5) is 0 Å². The number of hydrogen-bond donors (Lipinski definition) is 4. The Morgan fingerprint density at radius 3 is 1.80 bits per heavy atom. The third-order valence-corrected chi connectivity index (χ3v) is 3.71. The van der Waals surface area contributed by atoms with Crippen LogP contribution in [-0.2, 0) is 0 Å². The molecular weight excluding hydrogens is 431 g/mol. The van der Waals surface area contributed by atoms with Gasteiger partial charge in [-0.25, -0.2) is 5.90 Å². The average molecular weight is 457 g/mol. The van der Waals surface area contributed by atoms with E-state index in [-0.39, 0.29) is 18.0 Å².